The van der Waals surface area contributed by atoms with Crippen LogP contribution < -0.4 is 5.32 Å². The van der Waals surface area contributed by atoms with E-state index in [2.05, 4.69) is 53.6 Å². The number of aromatic nitrogens is 2. The van der Waals surface area contributed by atoms with Crippen molar-refractivity contribution in [2.45, 2.75) is 51.4 Å². The summed E-state index contributed by atoms with van der Waals surface area (Å²) >= 11 is 1.50. The molecule has 1 saturated carbocycles. The fraction of sp³-hybridized carbons (Fsp3) is 0.471. The Bertz CT molecular complexity index is 644. The van der Waals surface area contributed by atoms with E-state index in [4.69, 9.17) is 0 Å². The zero-order valence-corrected chi connectivity index (χ0v) is 13.8. The maximum atomic E-state index is 12.0. The summed E-state index contributed by atoms with van der Waals surface area (Å²) in [5.74, 6) is 1.13. The average molecular weight is 315 g/mol. The van der Waals surface area contributed by atoms with E-state index in [9.17, 15) is 4.79 Å². The molecule has 116 valence electrons. The second-order valence-electron chi connectivity index (χ2n) is 6.16. The number of benzene rings is 1. The van der Waals surface area contributed by atoms with Gasteiger partial charge in [0.2, 0.25) is 11.0 Å². The summed E-state index contributed by atoms with van der Waals surface area (Å²) in [6, 6.07) is 8.51. The van der Waals surface area contributed by atoms with Crippen LogP contribution in [0.5, 0.6) is 0 Å². The number of nitrogens with one attached hydrogen (secondary N) is 1. The van der Waals surface area contributed by atoms with E-state index < -0.39 is 0 Å². The summed E-state index contributed by atoms with van der Waals surface area (Å²) in [5, 5.41) is 12.7. The molecule has 0 atom stereocenters. The summed E-state index contributed by atoms with van der Waals surface area (Å²) in [6.07, 6.45) is 3.63. The molecule has 0 aliphatic heterocycles. The van der Waals surface area contributed by atoms with Crippen molar-refractivity contribution in [1.29, 1.82) is 0 Å². The average Bonchev–Trinajstić information content (AvgIpc) is 3.26. The Labute approximate surface area is 135 Å². The molecule has 2 aromatic rings. The molecule has 0 bridgehead atoms. The minimum absolute atomic E-state index is 0.00596. The monoisotopic (exact) mass is 315 g/mol. The van der Waals surface area contributed by atoms with E-state index in [-0.39, 0.29) is 5.91 Å². The van der Waals surface area contributed by atoms with Crippen LogP contribution >= 0.6 is 11.3 Å². The molecule has 3 rings (SSSR count). The molecule has 0 saturated heterocycles. The van der Waals surface area contributed by atoms with Gasteiger partial charge < -0.3 is 5.32 Å². The summed E-state index contributed by atoms with van der Waals surface area (Å²) in [6.45, 7) is 4.36. The lowest BCUT2D eigenvalue weighted by molar-refractivity contribution is -0.116. The van der Waals surface area contributed by atoms with Crippen molar-refractivity contribution >= 4 is 22.4 Å². The number of anilines is 1. The first-order valence-corrected chi connectivity index (χ1v) is 8.65. The molecule has 5 heteroatoms. The maximum Gasteiger partial charge on any atom is 0.226 e. The number of amides is 1. The fourth-order valence-electron chi connectivity index (χ4n) is 2.29. The molecule has 1 heterocycles. The van der Waals surface area contributed by atoms with E-state index in [1.54, 1.807) is 0 Å². The minimum atomic E-state index is 0.00596. The molecule has 22 heavy (non-hydrogen) atoms. The summed E-state index contributed by atoms with van der Waals surface area (Å²) in [5.41, 5.74) is 2.52. The molecule has 1 aromatic carbocycles. The number of rotatable bonds is 6. The van der Waals surface area contributed by atoms with E-state index in [1.165, 1.54) is 35.3 Å². The molecule has 1 aliphatic rings. The standard InChI is InChI=1S/C17H21N3OS/c1-11(2)13-6-3-12(4-7-13)5-10-15(21)18-17-20-19-16(22-17)14-8-9-14/h3-4,6-7,11,14H,5,8-10H2,1-2H3,(H,18,20,21). The van der Waals surface area contributed by atoms with Gasteiger partial charge in [-0.2, -0.15) is 0 Å². The van der Waals surface area contributed by atoms with Gasteiger partial charge in [-0.3, -0.25) is 4.79 Å². The normalized spacial score (nSPS) is 14.3. The van der Waals surface area contributed by atoms with Crippen molar-refractivity contribution in [3.63, 3.8) is 0 Å². The highest BCUT2D eigenvalue weighted by Gasteiger charge is 2.27. The van der Waals surface area contributed by atoms with Crippen LogP contribution in [0.15, 0.2) is 24.3 Å². The van der Waals surface area contributed by atoms with Crippen LogP contribution in [0.4, 0.5) is 5.13 Å². The number of hydrogen-bond acceptors (Lipinski definition) is 4. The van der Waals surface area contributed by atoms with E-state index in [1.807, 2.05) is 0 Å². The fourth-order valence-corrected chi connectivity index (χ4v) is 3.22. The van der Waals surface area contributed by atoms with Gasteiger partial charge in [0, 0.05) is 12.3 Å². The van der Waals surface area contributed by atoms with Gasteiger partial charge in [-0.1, -0.05) is 49.4 Å². The van der Waals surface area contributed by atoms with Crippen LogP contribution in [0, 0.1) is 0 Å². The van der Waals surface area contributed by atoms with Crippen LogP contribution in [0.25, 0.3) is 0 Å². The molecule has 1 fully saturated rings. The van der Waals surface area contributed by atoms with Gasteiger partial charge in [0.15, 0.2) is 0 Å². The molecule has 4 nitrogen and oxygen atoms in total. The lowest BCUT2D eigenvalue weighted by atomic mass is 10.0. The Morgan fingerprint density at radius 2 is 2.00 bits per heavy atom. The molecule has 0 unspecified atom stereocenters. The second kappa shape index (κ2) is 6.57. The van der Waals surface area contributed by atoms with E-state index in [0.29, 0.717) is 23.4 Å². The van der Waals surface area contributed by atoms with Gasteiger partial charge >= 0.3 is 0 Å². The SMILES string of the molecule is CC(C)c1ccc(CCC(=O)Nc2nnc(C3CC3)s2)cc1. The molecule has 1 amide bonds. The van der Waals surface area contributed by atoms with Gasteiger partial charge in [0.05, 0.1) is 0 Å². The van der Waals surface area contributed by atoms with Gasteiger partial charge in [0.1, 0.15) is 5.01 Å². The Kier molecular flexibility index (Phi) is 4.52. The topological polar surface area (TPSA) is 54.9 Å². The number of aryl methyl sites for hydroxylation is 1. The minimum Gasteiger partial charge on any atom is -0.301 e. The summed E-state index contributed by atoms with van der Waals surface area (Å²) < 4.78 is 0. The van der Waals surface area contributed by atoms with Gasteiger partial charge in [0.25, 0.3) is 0 Å². The van der Waals surface area contributed by atoms with Gasteiger partial charge in [-0.05, 0) is 36.3 Å². The van der Waals surface area contributed by atoms with Crippen molar-refractivity contribution in [2.24, 2.45) is 0 Å². The quantitative estimate of drug-likeness (QED) is 0.872. The van der Waals surface area contributed by atoms with E-state index >= 15 is 0 Å². The van der Waals surface area contributed by atoms with Gasteiger partial charge in [-0.25, -0.2) is 0 Å². The second-order valence-corrected chi connectivity index (χ2v) is 7.17. The Morgan fingerprint density at radius 3 is 2.64 bits per heavy atom. The highest BCUT2D eigenvalue weighted by molar-refractivity contribution is 7.15. The zero-order chi connectivity index (χ0) is 15.5. The van der Waals surface area contributed by atoms with Crippen molar-refractivity contribution < 1.29 is 4.79 Å². The Morgan fingerprint density at radius 1 is 1.27 bits per heavy atom. The molecule has 1 N–H and O–H groups in total. The van der Waals surface area contributed by atoms with Crippen LogP contribution in [0.2, 0.25) is 0 Å². The number of hydrogen-bond donors (Lipinski definition) is 1. The Hall–Kier alpha value is -1.75. The maximum absolute atomic E-state index is 12.0. The van der Waals surface area contributed by atoms with Crippen LogP contribution in [0.1, 0.15) is 61.1 Å². The third-order valence-corrected chi connectivity index (χ3v) is 4.90. The third-order valence-electron chi connectivity index (χ3n) is 3.90. The summed E-state index contributed by atoms with van der Waals surface area (Å²) in [7, 11) is 0. The molecular formula is C17H21N3OS. The van der Waals surface area contributed by atoms with Crippen LogP contribution in [0.3, 0.4) is 0 Å². The molecule has 0 radical (unpaired) electrons. The van der Waals surface area contributed by atoms with Crippen molar-refractivity contribution in [1.82, 2.24) is 10.2 Å². The number of nitrogens with zero attached hydrogens (tertiary/aromatic N) is 2. The lowest BCUT2D eigenvalue weighted by Crippen LogP contribution is -2.12. The van der Waals surface area contributed by atoms with Crippen molar-refractivity contribution in [3.8, 4) is 0 Å². The first-order chi connectivity index (χ1) is 10.6. The smallest absolute Gasteiger partial charge is 0.226 e. The van der Waals surface area contributed by atoms with Gasteiger partial charge in [-0.15, -0.1) is 10.2 Å². The predicted octanol–water partition coefficient (Wildman–Crippen LogP) is 4.11. The predicted molar refractivity (Wildman–Crippen MR) is 89.4 cm³/mol. The first kappa shape index (κ1) is 15.2. The lowest BCUT2D eigenvalue weighted by Gasteiger charge is -2.06. The van der Waals surface area contributed by atoms with Crippen LogP contribution in [-0.4, -0.2) is 16.1 Å². The first-order valence-electron chi connectivity index (χ1n) is 7.84. The van der Waals surface area contributed by atoms with Crippen molar-refractivity contribution in [3.05, 3.63) is 40.4 Å². The Balaban J connectivity index is 1.48. The zero-order valence-electron chi connectivity index (χ0n) is 13.0. The molecular weight excluding hydrogens is 294 g/mol. The highest BCUT2D eigenvalue weighted by atomic mass is 32.1. The molecule has 1 aliphatic carbocycles. The largest absolute Gasteiger partial charge is 0.301 e. The van der Waals surface area contributed by atoms with Crippen LogP contribution in [-0.2, 0) is 11.2 Å². The number of carbonyl (C=O) groups excluding carboxylic acids is 1. The third kappa shape index (κ3) is 3.91. The van der Waals surface area contributed by atoms with E-state index in [0.717, 1.165) is 11.4 Å². The van der Waals surface area contributed by atoms with Crippen molar-refractivity contribution in [2.75, 3.05) is 5.32 Å². The number of carbonyl (C=O) groups is 1. The highest BCUT2D eigenvalue weighted by Crippen LogP contribution is 2.42. The molecule has 1 aromatic heterocycles. The summed E-state index contributed by atoms with van der Waals surface area (Å²) in [4.78, 5) is 12.0. The molecule has 0 spiro atoms.